The van der Waals surface area contributed by atoms with E-state index in [-0.39, 0.29) is 22.7 Å². The van der Waals surface area contributed by atoms with Crippen LogP contribution >= 0.6 is 31.9 Å². The average molecular weight is 575 g/mol. The van der Waals surface area contributed by atoms with E-state index >= 15 is 0 Å². The van der Waals surface area contributed by atoms with Crippen LogP contribution in [-0.4, -0.2) is 26.2 Å². The van der Waals surface area contributed by atoms with Gasteiger partial charge in [-0.25, -0.2) is 9.59 Å². The third-order valence-electron chi connectivity index (χ3n) is 5.32. The number of hydrogen-bond acceptors (Lipinski definition) is 7. The number of hydrogen-bond donors (Lipinski definition) is 1. The summed E-state index contributed by atoms with van der Waals surface area (Å²) in [5, 5.41) is 10.1. The second kappa shape index (κ2) is 10.2. The van der Waals surface area contributed by atoms with Gasteiger partial charge in [0.2, 0.25) is 0 Å². The number of nitriles is 1. The van der Waals surface area contributed by atoms with Gasteiger partial charge in [0.1, 0.15) is 11.5 Å². The highest BCUT2D eigenvalue weighted by molar-refractivity contribution is 9.11. The number of benzene rings is 2. The lowest BCUT2D eigenvalue weighted by atomic mass is 9.80. The summed E-state index contributed by atoms with van der Waals surface area (Å²) < 4.78 is 11.6. The fourth-order valence-electron chi connectivity index (χ4n) is 3.88. The lowest BCUT2D eigenvalue weighted by molar-refractivity contribution is -0.139. The summed E-state index contributed by atoms with van der Waals surface area (Å²) in [5.74, 6) is -2.43. The predicted molar refractivity (Wildman–Crippen MR) is 131 cm³/mol. The maximum absolute atomic E-state index is 13.2. The normalized spacial score (nSPS) is 15.9. The molecule has 0 saturated heterocycles. The Hall–Kier alpha value is -3.09. The van der Waals surface area contributed by atoms with Crippen LogP contribution in [0.4, 0.5) is 5.69 Å². The molecule has 1 aliphatic rings. The van der Waals surface area contributed by atoms with Crippen LogP contribution in [0.5, 0.6) is 0 Å². The van der Waals surface area contributed by atoms with Crippen LogP contribution in [0.25, 0.3) is 0 Å². The van der Waals surface area contributed by atoms with Crippen LogP contribution in [0, 0.1) is 11.3 Å². The number of nitrogens with two attached hydrogens (primary N) is 1. The Bertz CT molecular complexity index is 1220. The fraction of sp³-hybridized carbons (Fsp3) is 0.208. The Labute approximate surface area is 208 Å². The quantitative estimate of drug-likeness (QED) is 0.517. The zero-order valence-corrected chi connectivity index (χ0v) is 21.4. The molecule has 0 spiro atoms. The highest BCUT2D eigenvalue weighted by Crippen LogP contribution is 2.46. The molecule has 0 aliphatic carbocycles. The van der Waals surface area contributed by atoms with E-state index in [1.165, 1.54) is 19.1 Å². The summed E-state index contributed by atoms with van der Waals surface area (Å²) in [6.45, 7) is 1.95. The Kier molecular flexibility index (Phi) is 7.61. The van der Waals surface area contributed by atoms with Crippen molar-refractivity contribution >= 4 is 49.5 Å². The Morgan fingerprint density at radius 3 is 2.30 bits per heavy atom. The van der Waals surface area contributed by atoms with Crippen LogP contribution in [0.15, 0.2) is 74.1 Å². The number of carbonyl (C=O) groups excluding carboxylic acids is 2. The molecular weight excluding hydrogens is 554 g/mol. The number of esters is 2. The minimum absolute atomic E-state index is 0.0251. The van der Waals surface area contributed by atoms with Gasteiger partial charge in [-0.05, 0) is 45.6 Å². The number of methoxy groups -OCH3 is 2. The fourth-order valence-corrected chi connectivity index (χ4v) is 5.38. The van der Waals surface area contributed by atoms with Gasteiger partial charge in [-0.15, -0.1) is 0 Å². The molecule has 2 N–H and O–H groups in total. The maximum atomic E-state index is 13.2. The molecule has 1 unspecified atom stereocenters. The number of ether oxygens (including phenoxy) is 2. The Morgan fingerprint density at radius 1 is 1.12 bits per heavy atom. The molecule has 33 heavy (non-hydrogen) atoms. The first-order chi connectivity index (χ1) is 15.8. The third-order valence-corrected chi connectivity index (χ3v) is 6.38. The molecule has 3 rings (SSSR count). The molecule has 170 valence electrons. The molecule has 1 aliphatic heterocycles. The van der Waals surface area contributed by atoms with Crippen LogP contribution in [0.3, 0.4) is 0 Å². The average Bonchev–Trinajstić information content (AvgIpc) is 2.82. The van der Waals surface area contributed by atoms with Crippen molar-refractivity contribution < 1.29 is 19.1 Å². The van der Waals surface area contributed by atoms with Gasteiger partial charge in [0.05, 0.1) is 43.0 Å². The SMILES string of the molecule is CCc1cc(Br)cc(Br)c1N1C(N)=C(C#N)C(c2ccccc2)C(C(=O)OC)=C1C(=O)OC. The van der Waals surface area contributed by atoms with Gasteiger partial charge in [-0.2, -0.15) is 5.26 Å². The van der Waals surface area contributed by atoms with E-state index in [0.717, 1.165) is 10.0 Å². The topological polar surface area (TPSA) is 106 Å². The van der Waals surface area contributed by atoms with Crippen molar-refractivity contribution in [1.82, 2.24) is 0 Å². The van der Waals surface area contributed by atoms with Crippen LogP contribution in [-0.2, 0) is 25.5 Å². The van der Waals surface area contributed by atoms with E-state index in [4.69, 9.17) is 15.2 Å². The van der Waals surface area contributed by atoms with Crippen molar-refractivity contribution in [3.63, 3.8) is 0 Å². The molecule has 0 amide bonds. The molecule has 1 heterocycles. The summed E-state index contributed by atoms with van der Waals surface area (Å²) in [6, 6.07) is 14.7. The number of aryl methyl sites for hydroxylation is 1. The molecule has 9 heteroatoms. The van der Waals surface area contributed by atoms with Crippen LogP contribution < -0.4 is 10.6 Å². The summed E-state index contributed by atoms with van der Waals surface area (Å²) >= 11 is 7.03. The van der Waals surface area contributed by atoms with Gasteiger partial charge in [0.15, 0.2) is 0 Å². The second-order valence-corrected chi connectivity index (χ2v) is 8.85. The largest absolute Gasteiger partial charge is 0.466 e. The van der Waals surface area contributed by atoms with Gasteiger partial charge in [-0.3, -0.25) is 4.90 Å². The standard InChI is InChI=1S/C24H21Br2N3O4/c1-4-13-10-15(25)11-17(26)20(13)29-21(24(31)33-3)19(23(30)32-2)18(16(12-27)22(29)28)14-8-6-5-7-9-14/h5-11,18H,4,28H2,1-3H3. The maximum Gasteiger partial charge on any atom is 0.355 e. The number of anilines is 1. The third kappa shape index (κ3) is 4.41. The van der Waals surface area contributed by atoms with E-state index in [9.17, 15) is 14.9 Å². The first-order valence-electron chi connectivity index (χ1n) is 9.94. The van der Waals surface area contributed by atoms with E-state index in [1.807, 2.05) is 19.1 Å². The Morgan fingerprint density at radius 2 is 1.76 bits per heavy atom. The number of nitrogens with zero attached hydrogens (tertiary/aromatic N) is 2. The van der Waals surface area contributed by atoms with Crippen LogP contribution in [0.2, 0.25) is 0 Å². The summed E-state index contributed by atoms with van der Waals surface area (Å²) in [4.78, 5) is 27.7. The van der Waals surface area contributed by atoms with Gasteiger partial charge in [0, 0.05) is 8.95 Å². The Balaban J connectivity index is 2.49. The molecule has 7 nitrogen and oxygen atoms in total. The highest BCUT2D eigenvalue weighted by Gasteiger charge is 2.43. The predicted octanol–water partition coefficient (Wildman–Crippen LogP) is 4.67. The zero-order chi connectivity index (χ0) is 24.3. The minimum Gasteiger partial charge on any atom is -0.466 e. The summed E-state index contributed by atoms with van der Waals surface area (Å²) in [5.41, 5.74) is 8.51. The minimum atomic E-state index is -0.909. The molecule has 0 fully saturated rings. The molecule has 2 aromatic rings. The van der Waals surface area contributed by atoms with Gasteiger partial charge in [-0.1, -0.05) is 53.2 Å². The van der Waals surface area contributed by atoms with E-state index < -0.39 is 17.9 Å². The smallest absolute Gasteiger partial charge is 0.355 e. The monoisotopic (exact) mass is 573 g/mol. The zero-order valence-electron chi connectivity index (χ0n) is 18.2. The molecule has 0 radical (unpaired) electrons. The molecule has 2 aromatic carbocycles. The van der Waals surface area contributed by atoms with Crippen molar-refractivity contribution in [3.8, 4) is 6.07 Å². The van der Waals surface area contributed by atoms with E-state index in [1.54, 1.807) is 30.3 Å². The van der Waals surface area contributed by atoms with Crippen molar-refractivity contribution in [1.29, 1.82) is 5.26 Å². The van der Waals surface area contributed by atoms with Crippen molar-refractivity contribution in [3.05, 3.63) is 85.2 Å². The summed E-state index contributed by atoms with van der Waals surface area (Å²) in [6.07, 6.45) is 0.586. The number of rotatable bonds is 5. The molecule has 0 bridgehead atoms. The summed E-state index contributed by atoms with van der Waals surface area (Å²) in [7, 11) is 2.44. The first-order valence-corrected chi connectivity index (χ1v) is 11.5. The van der Waals surface area contributed by atoms with Crippen molar-refractivity contribution in [2.75, 3.05) is 19.1 Å². The second-order valence-electron chi connectivity index (χ2n) is 7.08. The van der Waals surface area contributed by atoms with Gasteiger partial charge >= 0.3 is 11.9 Å². The highest BCUT2D eigenvalue weighted by atomic mass is 79.9. The van der Waals surface area contributed by atoms with Crippen LogP contribution in [0.1, 0.15) is 24.0 Å². The van der Waals surface area contributed by atoms with E-state index in [0.29, 0.717) is 22.1 Å². The molecule has 0 aromatic heterocycles. The van der Waals surface area contributed by atoms with Gasteiger partial charge < -0.3 is 15.2 Å². The van der Waals surface area contributed by atoms with E-state index in [2.05, 4.69) is 37.9 Å². The number of halogens is 2. The van der Waals surface area contributed by atoms with Crippen molar-refractivity contribution in [2.24, 2.45) is 5.73 Å². The van der Waals surface area contributed by atoms with Crippen molar-refractivity contribution in [2.45, 2.75) is 19.3 Å². The lowest BCUT2D eigenvalue weighted by Gasteiger charge is -2.37. The molecular formula is C24H21Br2N3O4. The molecule has 1 atom stereocenters. The number of allylic oxidation sites excluding steroid dienone is 1. The first kappa shape index (κ1) is 24.6. The number of carbonyl (C=O) groups is 2. The lowest BCUT2D eigenvalue weighted by Crippen LogP contribution is -2.41. The molecule has 0 saturated carbocycles. The van der Waals surface area contributed by atoms with Gasteiger partial charge in [0.25, 0.3) is 0 Å².